The normalized spacial score (nSPS) is 10.2. The van der Waals surface area contributed by atoms with Gasteiger partial charge in [0.1, 0.15) is 0 Å². The van der Waals surface area contributed by atoms with Crippen molar-refractivity contribution in [2.24, 2.45) is 0 Å². The fraction of sp³-hybridized carbons (Fsp3) is 0.0526. The van der Waals surface area contributed by atoms with Gasteiger partial charge in [0.05, 0.1) is 0 Å². The molecule has 0 atom stereocenters. The van der Waals surface area contributed by atoms with Crippen molar-refractivity contribution >= 4 is 19.9 Å². The van der Waals surface area contributed by atoms with Crippen LogP contribution in [-0.2, 0) is 0 Å². The maximum absolute atomic E-state index is 2.24. The van der Waals surface area contributed by atoms with E-state index in [2.05, 4.69) is 85.8 Å². The molecule has 0 aliphatic heterocycles. The van der Waals surface area contributed by atoms with Gasteiger partial charge in [0.25, 0.3) is 0 Å². The molecule has 1 radical (unpaired) electrons. The van der Waals surface area contributed by atoms with E-state index >= 15 is 0 Å². The highest BCUT2D eigenvalue weighted by molar-refractivity contribution is 6.67. The third-order valence-electron chi connectivity index (χ3n) is 3.33. The Labute approximate surface area is 122 Å². The van der Waals surface area contributed by atoms with E-state index < -0.39 is 0 Å². The van der Waals surface area contributed by atoms with Gasteiger partial charge in [-0.2, -0.15) is 0 Å². The Kier molecular flexibility index (Phi) is 3.80. The molecule has 0 nitrogen and oxygen atoms in total. The molecule has 3 aromatic carbocycles. The summed E-state index contributed by atoms with van der Waals surface area (Å²) in [4.78, 5) is 0. The summed E-state index contributed by atoms with van der Waals surface area (Å²) in [6.45, 7) is 2.12. The Bertz CT molecular complexity index is 667. The van der Waals surface area contributed by atoms with Gasteiger partial charge in [-0.25, -0.2) is 10.4 Å². The number of hydrogen-bond donors (Lipinski definition) is 0. The zero-order valence-electron chi connectivity index (χ0n) is 11.5. The van der Waals surface area contributed by atoms with Crippen LogP contribution in [-0.4, -0.2) is 9.52 Å². The minimum atomic E-state index is 0.729. The average Bonchev–Trinajstić information content (AvgIpc) is 2.50. The maximum Gasteiger partial charge on any atom is -0.0184 e. The molecule has 0 saturated carbocycles. The van der Waals surface area contributed by atoms with Crippen molar-refractivity contribution in [2.75, 3.05) is 0 Å². The second-order valence-corrected chi connectivity index (χ2v) is 6.34. The lowest BCUT2D eigenvalue weighted by Crippen LogP contribution is -2.26. The molecule has 0 bridgehead atoms. The summed E-state index contributed by atoms with van der Waals surface area (Å²) in [5.41, 5.74) is 3.87. The predicted octanol–water partition coefficient (Wildman–Crippen LogP) is 3.32. The first-order valence-electron chi connectivity index (χ1n) is 6.80. The maximum atomic E-state index is 2.24. The van der Waals surface area contributed by atoms with Crippen molar-refractivity contribution in [3.63, 3.8) is 0 Å². The van der Waals surface area contributed by atoms with Crippen molar-refractivity contribution in [3.05, 3.63) is 84.4 Å². The van der Waals surface area contributed by atoms with Crippen LogP contribution >= 0.6 is 0 Å². The third-order valence-corrected chi connectivity index (χ3v) is 4.58. The first kappa shape index (κ1) is 12.9. The molecule has 0 aliphatic carbocycles. The number of rotatable bonds is 3. The lowest BCUT2D eigenvalue weighted by Gasteiger charge is -2.18. The molecule has 1 heteroatoms. The zero-order valence-corrected chi connectivity index (χ0v) is 12.5. The van der Waals surface area contributed by atoms with E-state index in [0.29, 0.717) is 0 Å². The van der Waals surface area contributed by atoms with E-state index in [1.54, 1.807) is 0 Å². The van der Waals surface area contributed by atoms with Gasteiger partial charge in [0, 0.05) is 0 Å². The molecular weight excluding hydrogens is 256 g/mol. The van der Waals surface area contributed by atoms with Crippen LogP contribution in [0, 0.1) is 6.92 Å². The molecule has 0 N–H and O–H groups in total. The molecular formula is C19H16Si-. The lowest BCUT2D eigenvalue weighted by atomic mass is 10.0. The van der Waals surface area contributed by atoms with E-state index in [1.165, 1.54) is 27.1 Å². The molecule has 3 rings (SSSR count). The summed E-state index contributed by atoms with van der Waals surface area (Å²) in [6, 6.07) is 28.2. The Morgan fingerprint density at radius 3 is 1.65 bits per heavy atom. The number of benzene rings is 3. The molecule has 0 amide bonds. The van der Waals surface area contributed by atoms with Crippen molar-refractivity contribution in [1.29, 1.82) is 0 Å². The van der Waals surface area contributed by atoms with E-state index in [-0.39, 0.29) is 0 Å². The van der Waals surface area contributed by atoms with Crippen molar-refractivity contribution in [3.8, 4) is 11.1 Å². The minimum Gasteiger partial charge on any atom is -0.396 e. The molecule has 0 saturated heterocycles. The van der Waals surface area contributed by atoms with Crippen LogP contribution < -0.4 is 10.4 Å². The third kappa shape index (κ3) is 3.06. The Hall–Kier alpha value is -2.12. The Balaban J connectivity index is 1.79. The second kappa shape index (κ2) is 5.89. The summed E-state index contributed by atoms with van der Waals surface area (Å²) >= 11 is 0. The molecule has 97 valence electrons. The van der Waals surface area contributed by atoms with Gasteiger partial charge in [0.2, 0.25) is 0 Å². The first-order chi connectivity index (χ1) is 9.81. The molecule has 20 heavy (non-hydrogen) atoms. The monoisotopic (exact) mass is 272 g/mol. The average molecular weight is 272 g/mol. The fourth-order valence-corrected chi connectivity index (χ4v) is 3.21. The van der Waals surface area contributed by atoms with Crippen LogP contribution in [0.15, 0.2) is 78.9 Å². The highest BCUT2D eigenvalue weighted by Crippen LogP contribution is 2.18. The predicted molar refractivity (Wildman–Crippen MR) is 88.1 cm³/mol. The van der Waals surface area contributed by atoms with E-state index in [0.717, 1.165) is 9.52 Å². The van der Waals surface area contributed by atoms with Crippen LogP contribution in [0.2, 0.25) is 0 Å². The Morgan fingerprint density at radius 1 is 0.550 bits per heavy atom. The van der Waals surface area contributed by atoms with Gasteiger partial charge < -0.3 is 9.52 Å². The van der Waals surface area contributed by atoms with Gasteiger partial charge in [0.15, 0.2) is 0 Å². The highest BCUT2D eigenvalue weighted by Gasteiger charge is 1.95. The summed E-state index contributed by atoms with van der Waals surface area (Å²) in [7, 11) is 0.729. The number of hydrogen-bond acceptors (Lipinski definition) is 0. The molecule has 0 unspecified atom stereocenters. The topological polar surface area (TPSA) is 0 Å². The van der Waals surface area contributed by atoms with Crippen LogP contribution in [0.25, 0.3) is 11.1 Å². The van der Waals surface area contributed by atoms with Gasteiger partial charge >= 0.3 is 0 Å². The summed E-state index contributed by atoms with van der Waals surface area (Å²) in [5.74, 6) is 0. The van der Waals surface area contributed by atoms with Gasteiger partial charge in [-0.1, -0.05) is 84.4 Å². The summed E-state index contributed by atoms with van der Waals surface area (Å²) < 4.78 is 0. The Morgan fingerprint density at radius 2 is 1.05 bits per heavy atom. The van der Waals surface area contributed by atoms with Crippen LogP contribution in [0.1, 0.15) is 5.56 Å². The standard InChI is InChI=1S/C19H16Si/c1-15-7-9-16(10-8-15)17-11-13-19(14-12-17)20-18-5-3-2-4-6-18/h2-14H,1H3/q-1. The largest absolute Gasteiger partial charge is 0.396 e. The number of aryl methyl sites for hydroxylation is 1. The van der Waals surface area contributed by atoms with Crippen molar-refractivity contribution < 1.29 is 0 Å². The highest BCUT2D eigenvalue weighted by atomic mass is 28.2. The first-order valence-corrected chi connectivity index (χ1v) is 7.80. The van der Waals surface area contributed by atoms with Crippen LogP contribution in [0.4, 0.5) is 0 Å². The zero-order chi connectivity index (χ0) is 13.8. The SMILES string of the molecule is Cc1ccc(-c2ccc([Si-]c3ccccc3)cc2)cc1. The van der Waals surface area contributed by atoms with E-state index in [4.69, 9.17) is 0 Å². The summed E-state index contributed by atoms with van der Waals surface area (Å²) in [5, 5.41) is 2.77. The smallest absolute Gasteiger partial charge is 0.0184 e. The molecule has 0 fully saturated rings. The quantitative estimate of drug-likeness (QED) is 0.642. The lowest BCUT2D eigenvalue weighted by molar-refractivity contribution is 1.47. The van der Waals surface area contributed by atoms with Gasteiger partial charge in [-0.15, -0.1) is 0 Å². The van der Waals surface area contributed by atoms with Crippen LogP contribution in [0.5, 0.6) is 0 Å². The molecule has 0 aliphatic rings. The molecule has 0 aromatic heterocycles. The van der Waals surface area contributed by atoms with E-state index in [9.17, 15) is 0 Å². The molecule has 3 aromatic rings. The molecule has 0 heterocycles. The molecule has 0 spiro atoms. The van der Waals surface area contributed by atoms with Crippen molar-refractivity contribution in [2.45, 2.75) is 6.92 Å². The van der Waals surface area contributed by atoms with Gasteiger partial charge in [-0.05, 0) is 18.1 Å². The second-order valence-electron chi connectivity index (χ2n) is 4.93. The van der Waals surface area contributed by atoms with E-state index in [1.807, 2.05) is 0 Å². The fourth-order valence-electron chi connectivity index (χ4n) is 2.18. The minimum absolute atomic E-state index is 0.729. The van der Waals surface area contributed by atoms with Crippen LogP contribution in [0.3, 0.4) is 0 Å². The van der Waals surface area contributed by atoms with Crippen molar-refractivity contribution in [1.82, 2.24) is 0 Å². The van der Waals surface area contributed by atoms with Gasteiger partial charge in [-0.3, -0.25) is 0 Å². The summed E-state index contributed by atoms with van der Waals surface area (Å²) in [6.07, 6.45) is 0.